The van der Waals surface area contributed by atoms with Gasteiger partial charge in [-0.3, -0.25) is 24.6 Å². The highest BCUT2D eigenvalue weighted by Gasteiger charge is 2.70. The Morgan fingerprint density at radius 2 is 1.71 bits per heavy atom. The molecular formula is C29H25N3O6. The second kappa shape index (κ2) is 8.06. The molecule has 4 heterocycles. The van der Waals surface area contributed by atoms with Crippen LogP contribution >= 0.6 is 0 Å². The van der Waals surface area contributed by atoms with Gasteiger partial charge in [0.2, 0.25) is 24.5 Å². The number of carbonyl (C=O) groups excluding carboxylic acids is 3. The number of anilines is 1. The maximum Gasteiger partial charge on any atom is 0.250 e. The van der Waals surface area contributed by atoms with Crippen LogP contribution in [0.4, 0.5) is 5.69 Å². The first-order valence-electron chi connectivity index (χ1n) is 12.6. The summed E-state index contributed by atoms with van der Waals surface area (Å²) in [5.74, 6) is -1.29. The van der Waals surface area contributed by atoms with E-state index in [1.165, 1.54) is 4.90 Å². The van der Waals surface area contributed by atoms with Gasteiger partial charge in [-0.1, -0.05) is 35.9 Å². The third-order valence-corrected chi connectivity index (χ3v) is 8.13. The lowest BCUT2D eigenvalue weighted by molar-refractivity contribution is -0.143. The van der Waals surface area contributed by atoms with Crippen molar-refractivity contribution in [3.63, 3.8) is 0 Å². The topological polar surface area (TPSA) is 117 Å². The molecule has 192 valence electrons. The maximum atomic E-state index is 14.1. The molecule has 9 heteroatoms. The quantitative estimate of drug-likeness (QED) is 0.461. The number of aromatic hydroxyl groups is 1. The van der Waals surface area contributed by atoms with E-state index in [9.17, 15) is 19.5 Å². The van der Waals surface area contributed by atoms with Gasteiger partial charge in [-0.15, -0.1) is 0 Å². The fourth-order valence-corrected chi connectivity index (χ4v) is 6.41. The summed E-state index contributed by atoms with van der Waals surface area (Å²) in [5, 5.41) is 16.1. The van der Waals surface area contributed by atoms with E-state index in [2.05, 4.69) is 10.6 Å². The Hall–Kier alpha value is -4.37. The number of hydrogen-bond donors (Lipinski definition) is 3. The van der Waals surface area contributed by atoms with Gasteiger partial charge >= 0.3 is 0 Å². The SMILES string of the molecule is Cc1ccc2c(c1)[C@]1(N[C@H](Cc3ccc(O)cc3)[C@H]3C(=O)N(Cc4ccc5c(c4)OCO5)C(=O)[C@H]31)C(=O)N2. The Morgan fingerprint density at radius 3 is 2.53 bits per heavy atom. The number of hydrogen-bond acceptors (Lipinski definition) is 7. The Kier molecular flexibility index (Phi) is 4.84. The van der Waals surface area contributed by atoms with Crippen LogP contribution in [0.3, 0.4) is 0 Å². The zero-order valence-electron chi connectivity index (χ0n) is 20.6. The molecule has 0 unspecified atom stereocenters. The number of rotatable bonds is 4. The van der Waals surface area contributed by atoms with Crippen molar-refractivity contribution in [3.8, 4) is 17.2 Å². The zero-order valence-corrected chi connectivity index (χ0v) is 20.6. The van der Waals surface area contributed by atoms with Crippen molar-refractivity contribution in [2.24, 2.45) is 11.8 Å². The molecule has 7 rings (SSSR count). The molecule has 9 nitrogen and oxygen atoms in total. The summed E-state index contributed by atoms with van der Waals surface area (Å²) in [7, 11) is 0. The standard InChI is InChI=1S/C29H25N3O6/c1-15-2-8-20-19(10-15)29(28(36)30-20)25-24(21(31-29)11-16-3-6-18(33)7-4-16)26(34)32(27(25)35)13-17-5-9-22-23(12-17)38-14-37-22/h2-10,12,21,24-25,31,33H,11,13-14H2,1H3,(H,30,36)/t21-,24-,25+,29-/m1/s1. The van der Waals surface area contributed by atoms with Crippen LogP contribution in [0.5, 0.6) is 17.2 Å². The second-order valence-electron chi connectivity index (χ2n) is 10.4. The molecule has 0 bridgehead atoms. The summed E-state index contributed by atoms with van der Waals surface area (Å²) in [6.45, 7) is 2.14. The van der Waals surface area contributed by atoms with E-state index in [-0.39, 0.29) is 36.8 Å². The van der Waals surface area contributed by atoms with E-state index < -0.39 is 23.4 Å². The monoisotopic (exact) mass is 511 g/mol. The third-order valence-electron chi connectivity index (χ3n) is 8.13. The minimum atomic E-state index is -1.36. The number of aryl methyl sites for hydroxylation is 1. The summed E-state index contributed by atoms with van der Waals surface area (Å²) in [5.41, 5.74) is 2.55. The average molecular weight is 512 g/mol. The molecule has 38 heavy (non-hydrogen) atoms. The number of nitrogens with one attached hydrogen (secondary N) is 2. The number of ether oxygens (including phenoxy) is 2. The molecule has 2 saturated heterocycles. The summed E-state index contributed by atoms with van der Waals surface area (Å²) in [6, 6.07) is 17.3. The zero-order chi connectivity index (χ0) is 26.2. The summed E-state index contributed by atoms with van der Waals surface area (Å²) >= 11 is 0. The smallest absolute Gasteiger partial charge is 0.250 e. The van der Waals surface area contributed by atoms with Gasteiger partial charge in [-0.05, 0) is 54.8 Å². The van der Waals surface area contributed by atoms with Gasteiger partial charge in [-0.25, -0.2) is 0 Å². The minimum Gasteiger partial charge on any atom is -0.508 e. The largest absolute Gasteiger partial charge is 0.508 e. The van der Waals surface area contributed by atoms with Crippen LogP contribution in [0.1, 0.15) is 22.3 Å². The van der Waals surface area contributed by atoms with Gasteiger partial charge in [0.15, 0.2) is 11.5 Å². The molecule has 0 aliphatic carbocycles. The van der Waals surface area contributed by atoms with Gasteiger partial charge in [0, 0.05) is 17.3 Å². The van der Waals surface area contributed by atoms with Crippen LogP contribution in [-0.2, 0) is 32.9 Å². The summed E-state index contributed by atoms with van der Waals surface area (Å²) < 4.78 is 10.9. The molecule has 0 saturated carbocycles. The van der Waals surface area contributed by atoms with E-state index in [4.69, 9.17) is 9.47 Å². The average Bonchev–Trinajstić information content (AvgIpc) is 3.63. The van der Waals surface area contributed by atoms with Gasteiger partial charge in [0.05, 0.1) is 18.4 Å². The Balaban J connectivity index is 1.30. The maximum absolute atomic E-state index is 14.1. The predicted octanol–water partition coefficient (Wildman–Crippen LogP) is 2.59. The highest BCUT2D eigenvalue weighted by molar-refractivity contribution is 6.15. The summed E-state index contributed by atoms with van der Waals surface area (Å²) in [4.78, 5) is 43.0. The van der Waals surface area contributed by atoms with E-state index in [0.29, 0.717) is 29.2 Å². The van der Waals surface area contributed by atoms with Crippen LogP contribution in [0, 0.1) is 18.8 Å². The normalized spacial score (nSPS) is 26.7. The minimum absolute atomic E-state index is 0.0750. The lowest BCUT2D eigenvalue weighted by Gasteiger charge is -2.29. The molecular weight excluding hydrogens is 486 g/mol. The second-order valence-corrected chi connectivity index (χ2v) is 10.4. The van der Waals surface area contributed by atoms with Crippen LogP contribution in [0.25, 0.3) is 0 Å². The van der Waals surface area contributed by atoms with Crippen LogP contribution in [-0.4, -0.2) is 40.6 Å². The number of fused-ring (bicyclic) bond motifs is 5. The fraction of sp³-hybridized carbons (Fsp3) is 0.276. The molecule has 4 aliphatic heterocycles. The predicted molar refractivity (Wildman–Crippen MR) is 135 cm³/mol. The molecule has 3 aromatic rings. The molecule has 3 N–H and O–H groups in total. The first-order chi connectivity index (χ1) is 18.3. The van der Waals surface area contributed by atoms with Crippen molar-refractivity contribution in [2.75, 3.05) is 12.1 Å². The van der Waals surface area contributed by atoms with Crippen molar-refractivity contribution in [2.45, 2.75) is 31.5 Å². The van der Waals surface area contributed by atoms with Crippen LogP contribution < -0.4 is 20.1 Å². The van der Waals surface area contributed by atoms with Crippen LogP contribution in [0.15, 0.2) is 60.7 Å². The number of likely N-dealkylation sites (tertiary alicyclic amines) is 1. The van der Waals surface area contributed by atoms with E-state index >= 15 is 0 Å². The molecule has 3 aromatic carbocycles. The Morgan fingerprint density at radius 1 is 0.947 bits per heavy atom. The van der Waals surface area contributed by atoms with Crippen LogP contribution in [0.2, 0.25) is 0 Å². The van der Waals surface area contributed by atoms with E-state index in [0.717, 1.165) is 16.7 Å². The highest BCUT2D eigenvalue weighted by Crippen LogP contribution is 2.53. The number of nitrogens with zero attached hydrogens (tertiary/aromatic N) is 1. The molecule has 3 amide bonds. The van der Waals surface area contributed by atoms with Gasteiger partial charge in [0.1, 0.15) is 11.3 Å². The lowest BCUT2D eigenvalue weighted by atomic mass is 9.76. The molecule has 4 atom stereocenters. The third kappa shape index (κ3) is 3.18. The van der Waals surface area contributed by atoms with Crippen molar-refractivity contribution >= 4 is 23.4 Å². The lowest BCUT2D eigenvalue weighted by Crippen LogP contribution is -2.53. The summed E-state index contributed by atoms with van der Waals surface area (Å²) in [6.07, 6.45) is 0.411. The highest BCUT2D eigenvalue weighted by atomic mass is 16.7. The number of phenolic OH excluding ortho intramolecular Hbond substituents is 1. The number of imide groups is 1. The molecule has 0 radical (unpaired) electrons. The fourth-order valence-electron chi connectivity index (χ4n) is 6.41. The Bertz CT molecular complexity index is 1520. The first-order valence-corrected chi connectivity index (χ1v) is 12.6. The molecule has 4 aliphatic rings. The van der Waals surface area contributed by atoms with Crippen molar-refractivity contribution in [1.82, 2.24) is 10.2 Å². The Labute approximate surface area is 218 Å². The number of amides is 3. The van der Waals surface area contributed by atoms with Crippen molar-refractivity contribution in [3.05, 3.63) is 82.9 Å². The van der Waals surface area contributed by atoms with Gasteiger partial charge in [0.25, 0.3) is 0 Å². The molecule has 1 spiro atoms. The van der Waals surface area contributed by atoms with Gasteiger partial charge in [-0.2, -0.15) is 0 Å². The van der Waals surface area contributed by atoms with Gasteiger partial charge < -0.3 is 19.9 Å². The number of phenols is 1. The van der Waals surface area contributed by atoms with Crippen molar-refractivity contribution < 1.29 is 29.0 Å². The van der Waals surface area contributed by atoms with E-state index in [1.54, 1.807) is 36.4 Å². The van der Waals surface area contributed by atoms with Crippen molar-refractivity contribution in [1.29, 1.82) is 0 Å². The number of carbonyl (C=O) groups is 3. The molecule has 2 fully saturated rings. The molecule has 0 aromatic heterocycles. The first kappa shape index (κ1) is 22.8. The number of benzene rings is 3. The van der Waals surface area contributed by atoms with E-state index in [1.807, 2.05) is 31.2 Å².